The molecule has 0 spiro atoms. The summed E-state index contributed by atoms with van der Waals surface area (Å²) in [5, 5.41) is 7.20. The molecule has 0 fully saturated rings. The maximum atomic E-state index is 11.2. The third-order valence-electron chi connectivity index (χ3n) is 4.05. The molecule has 0 aromatic heterocycles. The number of esters is 1. The van der Waals surface area contributed by atoms with Crippen LogP contribution in [0.1, 0.15) is 31.9 Å². The molecule has 25 heavy (non-hydrogen) atoms. The molecule has 140 valence electrons. The molecule has 0 aliphatic carbocycles. The van der Waals surface area contributed by atoms with Crippen LogP contribution >= 0.6 is 11.6 Å². The Hall–Kier alpha value is -1.79. The molecule has 1 aromatic carbocycles. The van der Waals surface area contributed by atoms with Crippen molar-refractivity contribution in [1.82, 2.24) is 15.5 Å². The van der Waals surface area contributed by atoms with Crippen LogP contribution in [0.25, 0.3) is 0 Å². The Morgan fingerprint density at radius 3 is 2.52 bits per heavy atom. The van der Waals surface area contributed by atoms with Gasteiger partial charge in [-0.1, -0.05) is 43.6 Å². The molecule has 0 amide bonds. The standard InChI is InChI=1S/C18H29ClN4O2/c1-5-23(6-2)16(14-9-7-8-10-15(14)19)13-22-18(20-3)21-12-11-17(24)25-4/h7-10,16H,5-6,11-13H2,1-4H3,(H2,20,21,22). The average Bonchev–Trinajstić information content (AvgIpc) is 2.64. The van der Waals surface area contributed by atoms with Crippen molar-refractivity contribution in [1.29, 1.82) is 0 Å². The summed E-state index contributed by atoms with van der Waals surface area (Å²) in [5.74, 6) is 0.396. The number of hydrogen-bond donors (Lipinski definition) is 2. The number of nitrogens with one attached hydrogen (secondary N) is 2. The summed E-state index contributed by atoms with van der Waals surface area (Å²) >= 11 is 6.41. The smallest absolute Gasteiger partial charge is 0.307 e. The number of methoxy groups -OCH3 is 1. The van der Waals surface area contributed by atoms with Gasteiger partial charge in [-0.05, 0) is 24.7 Å². The SMILES string of the molecule is CCN(CC)C(CNC(=NC)NCCC(=O)OC)c1ccccc1Cl. The minimum Gasteiger partial charge on any atom is -0.469 e. The number of carbonyl (C=O) groups excluding carboxylic acids is 1. The van der Waals surface area contributed by atoms with Gasteiger partial charge in [0, 0.05) is 25.2 Å². The highest BCUT2D eigenvalue weighted by molar-refractivity contribution is 6.31. The van der Waals surface area contributed by atoms with Crippen LogP contribution in [0.2, 0.25) is 5.02 Å². The largest absolute Gasteiger partial charge is 0.469 e. The van der Waals surface area contributed by atoms with Gasteiger partial charge >= 0.3 is 5.97 Å². The fraction of sp³-hybridized carbons (Fsp3) is 0.556. The van der Waals surface area contributed by atoms with E-state index in [9.17, 15) is 4.79 Å². The minimum atomic E-state index is -0.250. The fourth-order valence-electron chi connectivity index (χ4n) is 2.64. The Morgan fingerprint density at radius 1 is 1.28 bits per heavy atom. The third kappa shape index (κ3) is 6.92. The van der Waals surface area contributed by atoms with Crippen molar-refractivity contribution in [2.45, 2.75) is 26.3 Å². The summed E-state index contributed by atoms with van der Waals surface area (Å²) in [7, 11) is 3.09. The lowest BCUT2D eigenvalue weighted by Gasteiger charge is -2.31. The molecule has 1 atom stereocenters. The summed E-state index contributed by atoms with van der Waals surface area (Å²) < 4.78 is 4.63. The minimum absolute atomic E-state index is 0.128. The predicted molar refractivity (Wildman–Crippen MR) is 103 cm³/mol. The van der Waals surface area contributed by atoms with Gasteiger partial charge in [0.2, 0.25) is 0 Å². The predicted octanol–water partition coefficient (Wildman–Crippen LogP) is 2.45. The number of benzene rings is 1. The molecule has 6 nitrogen and oxygen atoms in total. The fourth-order valence-corrected chi connectivity index (χ4v) is 2.91. The molecule has 1 aromatic rings. The number of hydrogen-bond acceptors (Lipinski definition) is 4. The van der Waals surface area contributed by atoms with Crippen LogP contribution in [0, 0.1) is 0 Å². The summed E-state index contributed by atoms with van der Waals surface area (Å²) in [5.41, 5.74) is 1.09. The van der Waals surface area contributed by atoms with Crippen LogP contribution in [0.3, 0.4) is 0 Å². The second kappa shape index (κ2) is 11.7. The summed E-state index contributed by atoms with van der Waals surface area (Å²) in [6, 6.07) is 8.03. The van der Waals surface area contributed by atoms with Crippen LogP contribution < -0.4 is 10.6 Å². The zero-order chi connectivity index (χ0) is 18.7. The Bertz CT molecular complexity index is 562. The third-order valence-corrected chi connectivity index (χ3v) is 4.40. The van der Waals surface area contributed by atoms with Gasteiger partial charge in [-0.15, -0.1) is 0 Å². The van der Waals surface area contributed by atoms with Crippen molar-refractivity contribution in [2.24, 2.45) is 4.99 Å². The number of carbonyl (C=O) groups is 1. The lowest BCUT2D eigenvalue weighted by molar-refractivity contribution is -0.140. The maximum absolute atomic E-state index is 11.2. The molecule has 0 heterocycles. The number of halogens is 1. The van der Waals surface area contributed by atoms with Gasteiger partial charge < -0.3 is 15.4 Å². The van der Waals surface area contributed by atoms with Gasteiger partial charge in [0.1, 0.15) is 0 Å². The van der Waals surface area contributed by atoms with E-state index in [-0.39, 0.29) is 12.0 Å². The zero-order valence-electron chi connectivity index (χ0n) is 15.5. The van der Waals surface area contributed by atoms with E-state index in [2.05, 4.69) is 45.2 Å². The number of aliphatic imine (C=N–C) groups is 1. The van der Waals surface area contributed by atoms with Crippen LogP contribution in [0.15, 0.2) is 29.3 Å². The first-order valence-corrected chi connectivity index (χ1v) is 8.94. The Labute approximate surface area is 155 Å². The number of ether oxygens (including phenoxy) is 1. The molecule has 0 aliphatic heterocycles. The van der Waals surface area contributed by atoms with E-state index in [1.165, 1.54) is 7.11 Å². The van der Waals surface area contributed by atoms with E-state index in [0.717, 1.165) is 23.7 Å². The van der Waals surface area contributed by atoms with Crippen molar-refractivity contribution >= 4 is 23.5 Å². The van der Waals surface area contributed by atoms with Gasteiger partial charge in [-0.25, -0.2) is 0 Å². The normalized spacial score (nSPS) is 12.8. The van der Waals surface area contributed by atoms with Gasteiger partial charge in [0.05, 0.1) is 19.6 Å². The first kappa shape index (κ1) is 21.3. The second-order valence-corrected chi connectivity index (χ2v) is 5.87. The molecule has 1 unspecified atom stereocenters. The maximum Gasteiger partial charge on any atom is 0.307 e. The second-order valence-electron chi connectivity index (χ2n) is 5.46. The van der Waals surface area contributed by atoms with Gasteiger partial charge in [0.15, 0.2) is 5.96 Å². The number of rotatable bonds is 9. The van der Waals surface area contributed by atoms with Crippen LogP contribution in [0.5, 0.6) is 0 Å². The highest BCUT2D eigenvalue weighted by Gasteiger charge is 2.20. The van der Waals surface area contributed by atoms with E-state index in [1.54, 1.807) is 7.05 Å². The monoisotopic (exact) mass is 368 g/mol. The van der Waals surface area contributed by atoms with Crippen molar-refractivity contribution in [3.8, 4) is 0 Å². The Balaban J connectivity index is 2.74. The molecule has 0 radical (unpaired) electrons. The van der Waals surface area contributed by atoms with Crippen LogP contribution in [0.4, 0.5) is 0 Å². The molecular formula is C18H29ClN4O2. The van der Waals surface area contributed by atoms with Gasteiger partial charge in [-0.3, -0.25) is 14.7 Å². The van der Waals surface area contributed by atoms with Crippen molar-refractivity contribution < 1.29 is 9.53 Å². The summed E-state index contributed by atoms with van der Waals surface area (Å²) in [6.45, 7) is 7.23. The molecular weight excluding hydrogens is 340 g/mol. The van der Waals surface area contributed by atoms with Crippen molar-refractivity contribution in [3.63, 3.8) is 0 Å². The highest BCUT2D eigenvalue weighted by atomic mass is 35.5. The molecule has 2 N–H and O–H groups in total. The van der Waals surface area contributed by atoms with Gasteiger partial charge in [-0.2, -0.15) is 0 Å². The summed E-state index contributed by atoms with van der Waals surface area (Å²) in [6.07, 6.45) is 0.293. The van der Waals surface area contributed by atoms with Crippen LogP contribution in [-0.2, 0) is 9.53 Å². The molecule has 0 bridgehead atoms. The number of nitrogens with zero attached hydrogens (tertiary/aromatic N) is 2. The van der Waals surface area contributed by atoms with E-state index >= 15 is 0 Å². The average molecular weight is 369 g/mol. The van der Waals surface area contributed by atoms with E-state index in [4.69, 9.17) is 11.6 Å². The van der Waals surface area contributed by atoms with Crippen molar-refractivity contribution in [2.75, 3.05) is 40.3 Å². The van der Waals surface area contributed by atoms with Gasteiger partial charge in [0.25, 0.3) is 0 Å². The topological polar surface area (TPSA) is 66.0 Å². The molecule has 0 saturated carbocycles. The zero-order valence-corrected chi connectivity index (χ0v) is 16.3. The number of guanidine groups is 1. The molecule has 7 heteroatoms. The lowest BCUT2D eigenvalue weighted by atomic mass is 10.0. The lowest BCUT2D eigenvalue weighted by Crippen LogP contribution is -2.43. The molecule has 1 rings (SSSR count). The highest BCUT2D eigenvalue weighted by Crippen LogP contribution is 2.26. The van der Waals surface area contributed by atoms with Crippen LogP contribution in [-0.4, -0.2) is 57.2 Å². The number of likely N-dealkylation sites (N-methyl/N-ethyl adjacent to an activating group) is 1. The van der Waals surface area contributed by atoms with E-state index < -0.39 is 0 Å². The van der Waals surface area contributed by atoms with E-state index in [1.807, 2.05) is 18.2 Å². The Kier molecular flexibility index (Phi) is 9.96. The van der Waals surface area contributed by atoms with E-state index in [0.29, 0.717) is 25.5 Å². The quantitative estimate of drug-likeness (QED) is 0.398. The molecule has 0 aliphatic rings. The molecule has 0 saturated heterocycles. The summed E-state index contributed by atoms with van der Waals surface area (Å²) in [4.78, 5) is 17.7. The first-order chi connectivity index (χ1) is 12.1. The first-order valence-electron chi connectivity index (χ1n) is 8.57. The Morgan fingerprint density at radius 2 is 1.96 bits per heavy atom. The van der Waals surface area contributed by atoms with Crippen molar-refractivity contribution in [3.05, 3.63) is 34.9 Å².